The third-order valence-corrected chi connectivity index (χ3v) is 4.40. The SMILES string of the molecule is NCCC1CCCCN1C(=O)c1ccc(-n2cccc2)cc1. The zero-order valence-corrected chi connectivity index (χ0v) is 12.8. The summed E-state index contributed by atoms with van der Waals surface area (Å²) in [5, 5.41) is 0. The van der Waals surface area contributed by atoms with Gasteiger partial charge in [0, 0.05) is 36.2 Å². The van der Waals surface area contributed by atoms with E-state index < -0.39 is 0 Å². The van der Waals surface area contributed by atoms with Crippen molar-refractivity contribution in [1.29, 1.82) is 0 Å². The highest BCUT2D eigenvalue weighted by molar-refractivity contribution is 5.94. The van der Waals surface area contributed by atoms with Gasteiger partial charge in [-0.1, -0.05) is 0 Å². The molecule has 1 amide bonds. The lowest BCUT2D eigenvalue weighted by Crippen LogP contribution is -2.44. The normalized spacial score (nSPS) is 18.4. The Morgan fingerprint density at radius 2 is 1.86 bits per heavy atom. The molecule has 4 heteroatoms. The van der Waals surface area contributed by atoms with E-state index in [4.69, 9.17) is 5.73 Å². The third kappa shape index (κ3) is 3.07. The van der Waals surface area contributed by atoms with Gasteiger partial charge in [-0.3, -0.25) is 4.79 Å². The molecule has 0 bridgehead atoms. The average Bonchev–Trinajstić information content (AvgIpc) is 3.10. The van der Waals surface area contributed by atoms with Crippen LogP contribution >= 0.6 is 0 Å². The first kappa shape index (κ1) is 14.9. The van der Waals surface area contributed by atoms with E-state index in [9.17, 15) is 4.79 Å². The van der Waals surface area contributed by atoms with Gasteiger partial charge in [0.2, 0.25) is 0 Å². The Morgan fingerprint density at radius 3 is 2.55 bits per heavy atom. The molecule has 4 nitrogen and oxygen atoms in total. The molecule has 1 atom stereocenters. The molecule has 1 fully saturated rings. The van der Waals surface area contributed by atoms with Crippen molar-refractivity contribution in [2.75, 3.05) is 13.1 Å². The van der Waals surface area contributed by atoms with Gasteiger partial charge in [-0.25, -0.2) is 0 Å². The number of likely N-dealkylation sites (tertiary alicyclic amines) is 1. The highest BCUT2D eigenvalue weighted by atomic mass is 16.2. The first-order valence-electron chi connectivity index (χ1n) is 8.04. The van der Waals surface area contributed by atoms with Gasteiger partial charge in [0.15, 0.2) is 0 Å². The summed E-state index contributed by atoms with van der Waals surface area (Å²) in [5.74, 6) is 0.136. The first-order valence-corrected chi connectivity index (χ1v) is 8.04. The van der Waals surface area contributed by atoms with Gasteiger partial charge in [-0.15, -0.1) is 0 Å². The molecule has 0 aliphatic carbocycles. The van der Waals surface area contributed by atoms with Crippen LogP contribution in [0.2, 0.25) is 0 Å². The van der Waals surface area contributed by atoms with E-state index in [1.54, 1.807) is 0 Å². The van der Waals surface area contributed by atoms with Crippen molar-refractivity contribution in [3.05, 3.63) is 54.4 Å². The van der Waals surface area contributed by atoms with Gasteiger partial charge in [0.05, 0.1) is 0 Å². The summed E-state index contributed by atoms with van der Waals surface area (Å²) in [6.45, 7) is 1.49. The highest BCUT2D eigenvalue weighted by Gasteiger charge is 2.26. The van der Waals surface area contributed by atoms with E-state index in [0.717, 1.165) is 37.1 Å². The standard InChI is InChI=1S/C18H23N3O/c19-11-10-17-5-1-2-14-21(17)18(22)15-6-8-16(9-7-15)20-12-3-4-13-20/h3-4,6-9,12-13,17H,1-2,5,10-11,14,19H2. The molecule has 1 aliphatic heterocycles. The molecule has 0 radical (unpaired) electrons. The Hall–Kier alpha value is -2.07. The van der Waals surface area contributed by atoms with Gasteiger partial charge in [0.25, 0.3) is 5.91 Å². The topological polar surface area (TPSA) is 51.3 Å². The molecule has 2 N–H and O–H groups in total. The van der Waals surface area contributed by atoms with Crippen LogP contribution in [0.1, 0.15) is 36.0 Å². The third-order valence-electron chi connectivity index (χ3n) is 4.40. The predicted molar refractivity (Wildman–Crippen MR) is 88.1 cm³/mol. The molecule has 116 valence electrons. The summed E-state index contributed by atoms with van der Waals surface area (Å²) in [6, 6.07) is 12.1. The van der Waals surface area contributed by atoms with Crippen LogP contribution in [0.3, 0.4) is 0 Å². The number of aromatic nitrogens is 1. The summed E-state index contributed by atoms with van der Waals surface area (Å²) in [5.41, 5.74) is 7.53. The van der Waals surface area contributed by atoms with Crippen LogP contribution < -0.4 is 5.73 Å². The smallest absolute Gasteiger partial charge is 0.254 e. The van der Waals surface area contributed by atoms with Crippen molar-refractivity contribution in [2.45, 2.75) is 31.7 Å². The number of nitrogens with two attached hydrogens (primary N) is 1. The van der Waals surface area contributed by atoms with Crippen molar-refractivity contribution >= 4 is 5.91 Å². The molecular formula is C18H23N3O. The molecule has 1 aromatic carbocycles. The molecular weight excluding hydrogens is 274 g/mol. The fourth-order valence-corrected chi connectivity index (χ4v) is 3.21. The van der Waals surface area contributed by atoms with Gasteiger partial charge in [0.1, 0.15) is 0 Å². The second kappa shape index (κ2) is 6.79. The Labute approximate surface area is 131 Å². The molecule has 1 saturated heterocycles. The van der Waals surface area contributed by atoms with E-state index in [1.807, 2.05) is 58.3 Å². The maximum atomic E-state index is 12.8. The molecule has 0 saturated carbocycles. The number of benzene rings is 1. The fraction of sp³-hybridized carbons (Fsp3) is 0.389. The van der Waals surface area contributed by atoms with Crippen molar-refractivity contribution in [1.82, 2.24) is 9.47 Å². The summed E-state index contributed by atoms with van der Waals surface area (Å²) in [6.07, 6.45) is 8.25. The second-order valence-electron chi connectivity index (χ2n) is 5.86. The van der Waals surface area contributed by atoms with Crippen LogP contribution in [-0.4, -0.2) is 34.5 Å². The molecule has 3 rings (SSSR count). The molecule has 2 aromatic rings. The van der Waals surface area contributed by atoms with Crippen molar-refractivity contribution in [3.63, 3.8) is 0 Å². The number of carbonyl (C=O) groups is 1. The van der Waals surface area contributed by atoms with Crippen LogP contribution in [0.5, 0.6) is 0 Å². The van der Waals surface area contributed by atoms with Crippen LogP contribution in [-0.2, 0) is 0 Å². The Kier molecular flexibility index (Phi) is 4.59. The van der Waals surface area contributed by atoms with E-state index in [0.29, 0.717) is 12.6 Å². The Morgan fingerprint density at radius 1 is 1.14 bits per heavy atom. The fourth-order valence-electron chi connectivity index (χ4n) is 3.21. The van der Waals surface area contributed by atoms with E-state index >= 15 is 0 Å². The minimum Gasteiger partial charge on any atom is -0.336 e. The lowest BCUT2D eigenvalue weighted by Gasteiger charge is -2.35. The largest absolute Gasteiger partial charge is 0.336 e. The first-order chi connectivity index (χ1) is 10.8. The van der Waals surface area contributed by atoms with Crippen LogP contribution in [0, 0.1) is 0 Å². The Balaban J connectivity index is 1.76. The lowest BCUT2D eigenvalue weighted by molar-refractivity contribution is 0.0605. The van der Waals surface area contributed by atoms with E-state index in [-0.39, 0.29) is 5.91 Å². The lowest BCUT2D eigenvalue weighted by atomic mass is 9.98. The van der Waals surface area contributed by atoms with Crippen LogP contribution in [0.4, 0.5) is 0 Å². The molecule has 0 spiro atoms. The van der Waals surface area contributed by atoms with Crippen molar-refractivity contribution in [3.8, 4) is 5.69 Å². The number of carbonyl (C=O) groups excluding carboxylic acids is 1. The Bertz CT molecular complexity index is 602. The summed E-state index contributed by atoms with van der Waals surface area (Å²) in [4.78, 5) is 14.8. The van der Waals surface area contributed by atoms with Crippen LogP contribution in [0.15, 0.2) is 48.8 Å². The number of amides is 1. The van der Waals surface area contributed by atoms with Gasteiger partial charge < -0.3 is 15.2 Å². The highest BCUT2D eigenvalue weighted by Crippen LogP contribution is 2.22. The number of hydrogen-bond acceptors (Lipinski definition) is 2. The van der Waals surface area contributed by atoms with Crippen molar-refractivity contribution in [2.24, 2.45) is 5.73 Å². The number of nitrogens with zero attached hydrogens (tertiary/aromatic N) is 2. The number of piperidine rings is 1. The second-order valence-corrected chi connectivity index (χ2v) is 5.86. The summed E-state index contributed by atoms with van der Waals surface area (Å²) in [7, 11) is 0. The zero-order valence-electron chi connectivity index (χ0n) is 12.8. The predicted octanol–water partition coefficient (Wildman–Crippen LogP) is 2.82. The van der Waals surface area contributed by atoms with E-state index in [1.165, 1.54) is 6.42 Å². The van der Waals surface area contributed by atoms with Crippen molar-refractivity contribution < 1.29 is 4.79 Å². The molecule has 1 aromatic heterocycles. The monoisotopic (exact) mass is 297 g/mol. The van der Waals surface area contributed by atoms with Gasteiger partial charge in [-0.05, 0) is 68.6 Å². The summed E-state index contributed by atoms with van der Waals surface area (Å²) >= 11 is 0. The minimum absolute atomic E-state index is 0.136. The van der Waals surface area contributed by atoms with Gasteiger partial charge >= 0.3 is 0 Å². The summed E-state index contributed by atoms with van der Waals surface area (Å²) < 4.78 is 2.03. The molecule has 1 aliphatic rings. The minimum atomic E-state index is 0.136. The van der Waals surface area contributed by atoms with Crippen LogP contribution in [0.25, 0.3) is 5.69 Å². The number of rotatable bonds is 4. The maximum Gasteiger partial charge on any atom is 0.254 e. The quantitative estimate of drug-likeness (QED) is 0.943. The van der Waals surface area contributed by atoms with Gasteiger partial charge in [-0.2, -0.15) is 0 Å². The molecule has 2 heterocycles. The van der Waals surface area contributed by atoms with E-state index in [2.05, 4.69) is 0 Å². The molecule has 1 unspecified atom stereocenters. The average molecular weight is 297 g/mol. The molecule has 22 heavy (non-hydrogen) atoms. The number of hydrogen-bond donors (Lipinski definition) is 1. The zero-order chi connectivity index (χ0) is 15.4. The maximum absolute atomic E-state index is 12.8.